The van der Waals surface area contributed by atoms with Crippen LogP contribution in [-0.2, 0) is 9.47 Å². The summed E-state index contributed by atoms with van der Waals surface area (Å²) in [6.45, 7) is 11.4. The normalized spacial score (nSPS) is 26.9. The van der Waals surface area contributed by atoms with Crippen LogP contribution in [0.3, 0.4) is 0 Å². The van der Waals surface area contributed by atoms with Crippen molar-refractivity contribution in [3.63, 3.8) is 0 Å². The van der Waals surface area contributed by atoms with Crippen LogP contribution in [-0.4, -0.2) is 55.9 Å². The summed E-state index contributed by atoms with van der Waals surface area (Å²) in [5.74, 6) is 0. The maximum Gasteiger partial charge on any atom is 0.0895 e. The molecule has 0 spiro atoms. The lowest BCUT2D eigenvalue weighted by atomic mass is 9.96. The largest absolute Gasteiger partial charge is 0.501 e. The minimum atomic E-state index is 0.240. The zero-order valence-corrected chi connectivity index (χ0v) is 12.5. The van der Waals surface area contributed by atoms with E-state index in [-0.39, 0.29) is 6.10 Å². The Hall–Kier alpha value is -0.580. The van der Waals surface area contributed by atoms with E-state index in [2.05, 4.69) is 31.0 Å². The molecule has 1 saturated heterocycles. The van der Waals surface area contributed by atoms with Crippen LogP contribution in [0.1, 0.15) is 33.6 Å². The predicted octanol–water partition coefficient (Wildman–Crippen LogP) is 1.77. The van der Waals surface area contributed by atoms with E-state index in [1.807, 2.05) is 6.26 Å². The standard InChI is InChI=1S/C15H28N2O2/c1-4-16-15(13-6-5-8-18-11-13)14-10-17(12(2)3)7-9-19-14/h11-12,14-16H,4-10H2,1-3H3. The summed E-state index contributed by atoms with van der Waals surface area (Å²) in [6, 6.07) is 0.886. The first kappa shape index (κ1) is 14.8. The molecule has 0 aromatic carbocycles. The van der Waals surface area contributed by atoms with Crippen LogP contribution in [0, 0.1) is 0 Å². The van der Waals surface area contributed by atoms with Gasteiger partial charge in [-0.25, -0.2) is 0 Å². The highest BCUT2D eigenvalue weighted by atomic mass is 16.5. The van der Waals surface area contributed by atoms with Gasteiger partial charge in [0.15, 0.2) is 0 Å². The van der Waals surface area contributed by atoms with E-state index in [0.717, 1.165) is 45.7 Å². The van der Waals surface area contributed by atoms with Crippen LogP contribution in [0.25, 0.3) is 0 Å². The fourth-order valence-electron chi connectivity index (χ4n) is 2.90. The number of hydrogen-bond acceptors (Lipinski definition) is 4. The molecule has 0 bridgehead atoms. The van der Waals surface area contributed by atoms with Crippen molar-refractivity contribution < 1.29 is 9.47 Å². The first-order valence-corrected chi connectivity index (χ1v) is 7.62. The highest BCUT2D eigenvalue weighted by Crippen LogP contribution is 2.22. The molecule has 2 aliphatic rings. The van der Waals surface area contributed by atoms with Crippen LogP contribution < -0.4 is 5.32 Å². The second kappa shape index (κ2) is 7.27. The van der Waals surface area contributed by atoms with Crippen LogP contribution >= 0.6 is 0 Å². The number of ether oxygens (including phenoxy) is 2. The minimum Gasteiger partial charge on any atom is -0.501 e. The molecular weight excluding hydrogens is 240 g/mol. The summed E-state index contributed by atoms with van der Waals surface area (Å²) in [5.41, 5.74) is 1.36. The third-order valence-corrected chi connectivity index (χ3v) is 4.01. The van der Waals surface area contributed by atoms with Gasteiger partial charge in [-0.2, -0.15) is 0 Å². The number of hydrogen-bond donors (Lipinski definition) is 1. The first-order chi connectivity index (χ1) is 9.22. The Morgan fingerprint density at radius 3 is 2.89 bits per heavy atom. The van der Waals surface area contributed by atoms with Gasteiger partial charge in [-0.3, -0.25) is 4.90 Å². The molecule has 0 aromatic rings. The van der Waals surface area contributed by atoms with Crippen LogP contribution in [0.15, 0.2) is 11.8 Å². The van der Waals surface area contributed by atoms with Gasteiger partial charge in [0.25, 0.3) is 0 Å². The number of nitrogens with one attached hydrogen (secondary N) is 1. The first-order valence-electron chi connectivity index (χ1n) is 7.62. The molecule has 4 heteroatoms. The Morgan fingerprint density at radius 1 is 1.42 bits per heavy atom. The van der Waals surface area contributed by atoms with Crippen molar-refractivity contribution in [3.8, 4) is 0 Å². The molecule has 0 saturated carbocycles. The van der Waals surface area contributed by atoms with Crippen molar-refractivity contribution in [1.82, 2.24) is 10.2 Å². The summed E-state index contributed by atoms with van der Waals surface area (Å²) in [4.78, 5) is 2.50. The highest BCUT2D eigenvalue weighted by molar-refractivity contribution is 5.13. The third kappa shape index (κ3) is 3.94. The average Bonchev–Trinajstić information content (AvgIpc) is 2.46. The lowest BCUT2D eigenvalue weighted by molar-refractivity contribution is -0.0508. The number of likely N-dealkylation sites (N-methyl/N-ethyl adjacent to an activating group) is 1. The number of morpholine rings is 1. The molecule has 2 atom stereocenters. The zero-order chi connectivity index (χ0) is 13.7. The summed E-state index contributed by atoms with van der Waals surface area (Å²) in [6.07, 6.45) is 4.44. The molecule has 0 aromatic heterocycles. The van der Waals surface area contributed by atoms with Crippen molar-refractivity contribution in [2.24, 2.45) is 0 Å². The Labute approximate surface area is 117 Å². The third-order valence-electron chi connectivity index (χ3n) is 4.01. The highest BCUT2D eigenvalue weighted by Gasteiger charge is 2.31. The molecule has 1 N–H and O–H groups in total. The van der Waals surface area contributed by atoms with Crippen LogP contribution in [0.4, 0.5) is 0 Å². The van der Waals surface area contributed by atoms with Crippen molar-refractivity contribution in [2.45, 2.75) is 51.8 Å². The van der Waals surface area contributed by atoms with Crippen molar-refractivity contribution >= 4 is 0 Å². The van der Waals surface area contributed by atoms with E-state index >= 15 is 0 Å². The Balaban J connectivity index is 2.03. The second-order valence-corrected chi connectivity index (χ2v) is 5.70. The van der Waals surface area contributed by atoms with Gasteiger partial charge in [-0.15, -0.1) is 0 Å². The summed E-state index contributed by atoms with van der Waals surface area (Å²) in [7, 11) is 0. The number of nitrogens with zero attached hydrogens (tertiary/aromatic N) is 1. The molecule has 2 aliphatic heterocycles. The van der Waals surface area contributed by atoms with E-state index in [4.69, 9.17) is 9.47 Å². The van der Waals surface area contributed by atoms with Crippen molar-refractivity contribution in [1.29, 1.82) is 0 Å². The summed E-state index contributed by atoms with van der Waals surface area (Å²) < 4.78 is 11.5. The van der Waals surface area contributed by atoms with Crippen LogP contribution in [0.2, 0.25) is 0 Å². The van der Waals surface area contributed by atoms with Crippen molar-refractivity contribution in [2.75, 3.05) is 32.8 Å². The van der Waals surface area contributed by atoms with E-state index in [1.165, 1.54) is 5.57 Å². The summed E-state index contributed by atoms with van der Waals surface area (Å²) >= 11 is 0. The molecule has 4 nitrogen and oxygen atoms in total. The quantitative estimate of drug-likeness (QED) is 0.824. The van der Waals surface area contributed by atoms with Gasteiger partial charge in [0, 0.05) is 19.1 Å². The summed E-state index contributed by atoms with van der Waals surface area (Å²) in [5, 5.41) is 3.58. The minimum absolute atomic E-state index is 0.240. The molecular formula is C15H28N2O2. The number of rotatable bonds is 5. The van der Waals surface area contributed by atoms with Gasteiger partial charge in [-0.1, -0.05) is 6.92 Å². The fourth-order valence-corrected chi connectivity index (χ4v) is 2.90. The van der Waals surface area contributed by atoms with Gasteiger partial charge >= 0.3 is 0 Å². The van der Waals surface area contributed by atoms with Crippen LogP contribution in [0.5, 0.6) is 0 Å². The van der Waals surface area contributed by atoms with E-state index in [0.29, 0.717) is 12.1 Å². The van der Waals surface area contributed by atoms with E-state index in [9.17, 15) is 0 Å². The smallest absolute Gasteiger partial charge is 0.0895 e. The van der Waals surface area contributed by atoms with Gasteiger partial charge in [-0.05, 0) is 38.8 Å². The lowest BCUT2D eigenvalue weighted by Gasteiger charge is -2.40. The van der Waals surface area contributed by atoms with Gasteiger partial charge in [0.1, 0.15) is 0 Å². The zero-order valence-electron chi connectivity index (χ0n) is 12.5. The SMILES string of the molecule is CCNC(C1=COCCC1)C1CN(C(C)C)CCO1. The van der Waals surface area contributed by atoms with Crippen molar-refractivity contribution in [3.05, 3.63) is 11.8 Å². The molecule has 1 fully saturated rings. The molecule has 2 unspecified atom stereocenters. The molecule has 110 valence electrons. The topological polar surface area (TPSA) is 33.7 Å². The Morgan fingerprint density at radius 2 is 2.26 bits per heavy atom. The predicted molar refractivity (Wildman–Crippen MR) is 77.2 cm³/mol. The molecule has 0 amide bonds. The monoisotopic (exact) mass is 268 g/mol. The van der Waals surface area contributed by atoms with Gasteiger partial charge in [0.2, 0.25) is 0 Å². The molecule has 0 radical (unpaired) electrons. The molecule has 0 aliphatic carbocycles. The second-order valence-electron chi connectivity index (χ2n) is 5.70. The molecule has 2 heterocycles. The molecule has 2 rings (SSSR count). The maximum atomic E-state index is 6.03. The average molecular weight is 268 g/mol. The Bertz CT molecular complexity index is 305. The Kier molecular flexibility index (Phi) is 5.67. The van der Waals surface area contributed by atoms with E-state index < -0.39 is 0 Å². The molecule has 19 heavy (non-hydrogen) atoms. The van der Waals surface area contributed by atoms with Gasteiger partial charge in [0.05, 0.1) is 31.6 Å². The fraction of sp³-hybridized carbons (Fsp3) is 0.867. The van der Waals surface area contributed by atoms with E-state index in [1.54, 1.807) is 0 Å². The lowest BCUT2D eigenvalue weighted by Crippen LogP contribution is -2.54. The maximum absolute atomic E-state index is 6.03. The van der Waals surface area contributed by atoms with Gasteiger partial charge < -0.3 is 14.8 Å².